The Kier molecular flexibility index (Phi) is 3.33. The molecule has 2 saturated carbocycles. The van der Waals surface area contributed by atoms with Crippen LogP contribution in [-0.4, -0.2) is 12.6 Å². The van der Waals surface area contributed by atoms with E-state index < -0.39 is 0 Å². The summed E-state index contributed by atoms with van der Waals surface area (Å²) in [5.74, 6) is 0. The van der Waals surface area contributed by atoms with Crippen LogP contribution in [0.5, 0.6) is 0 Å². The van der Waals surface area contributed by atoms with Crippen molar-refractivity contribution in [1.82, 2.24) is 5.32 Å². The van der Waals surface area contributed by atoms with Crippen LogP contribution in [0.3, 0.4) is 0 Å². The second-order valence-electron chi connectivity index (χ2n) is 4.91. The van der Waals surface area contributed by atoms with Crippen molar-refractivity contribution in [1.29, 1.82) is 0 Å². The first-order chi connectivity index (χ1) is 6.73. The van der Waals surface area contributed by atoms with Gasteiger partial charge in [0, 0.05) is 17.1 Å². The van der Waals surface area contributed by atoms with Crippen molar-refractivity contribution in [3.63, 3.8) is 0 Å². The maximum Gasteiger partial charge on any atom is 0.0268 e. The van der Waals surface area contributed by atoms with Crippen molar-refractivity contribution >= 4 is 15.9 Å². The molecule has 2 aliphatic rings. The minimum Gasteiger partial charge on any atom is -0.309 e. The summed E-state index contributed by atoms with van der Waals surface area (Å²) in [4.78, 5) is 0. The summed E-state index contributed by atoms with van der Waals surface area (Å²) < 4.78 is 1.08. The highest BCUT2D eigenvalue weighted by Crippen LogP contribution is 2.51. The smallest absolute Gasteiger partial charge is 0.0268 e. The van der Waals surface area contributed by atoms with Crippen LogP contribution in [0, 0.1) is 5.41 Å². The molecule has 1 N–H and O–H groups in total. The van der Waals surface area contributed by atoms with Gasteiger partial charge in [-0.3, -0.25) is 0 Å². The van der Waals surface area contributed by atoms with E-state index in [4.69, 9.17) is 0 Å². The van der Waals surface area contributed by atoms with Gasteiger partial charge in [0.1, 0.15) is 0 Å². The van der Waals surface area contributed by atoms with Gasteiger partial charge in [0.2, 0.25) is 0 Å². The van der Waals surface area contributed by atoms with E-state index in [1.165, 1.54) is 44.9 Å². The minimum absolute atomic E-state index is 0.681. The minimum atomic E-state index is 0.681. The number of halogens is 1. The monoisotopic (exact) mass is 257 g/mol. The lowest BCUT2D eigenvalue weighted by Crippen LogP contribution is -2.54. The molecule has 1 spiro atoms. The average Bonchev–Trinajstić information content (AvgIpc) is 2.17. The molecule has 0 radical (unpaired) electrons. The van der Waals surface area contributed by atoms with Crippen molar-refractivity contribution < 1.29 is 0 Å². The molecule has 0 amide bonds. The molecule has 2 heteroatoms. The van der Waals surface area contributed by atoms with E-state index in [0.717, 1.165) is 17.1 Å². The molecule has 1 unspecified atom stereocenters. The molecule has 0 bridgehead atoms. The fourth-order valence-electron chi connectivity index (χ4n) is 3.10. The first kappa shape index (κ1) is 10.7. The van der Waals surface area contributed by atoms with Crippen LogP contribution in [0.25, 0.3) is 0 Å². The Bertz CT molecular complexity index is 218. The highest BCUT2D eigenvalue weighted by Gasteiger charge is 2.46. The van der Waals surface area contributed by atoms with Gasteiger partial charge in [0.15, 0.2) is 0 Å². The molecule has 2 aliphatic carbocycles. The van der Waals surface area contributed by atoms with Crippen LogP contribution in [0.4, 0.5) is 0 Å². The van der Waals surface area contributed by atoms with Gasteiger partial charge in [-0.2, -0.15) is 0 Å². The van der Waals surface area contributed by atoms with E-state index in [-0.39, 0.29) is 0 Å². The summed E-state index contributed by atoms with van der Waals surface area (Å²) in [5.41, 5.74) is 0.681. The van der Waals surface area contributed by atoms with E-state index in [0.29, 0.717) is 5.41 Å². The van der Waals surface area contributed by atoms with E-state index in [1.54, 1.807) is 0 Å². The Labute approximate surface area is 95.5 Å². The molecule has 14 heavy (non-hydrogen) atoms. The molecule has 0 aromatic heterocycles. The molecule has 80 valence electrons. The molecule has 1 atom stereocenters. The molecule has 1 nitrogen and oxygen atoms in total. The van der Waals surface area contributed by atoms with E-state index in [9.17, 15) is 0 Å². The topological polar surface area (TPSA) is 12.0 Å². The van der Waals surface area contributed by atoms with E-state index in [1.807, 2.05) is 0 Å². The van der Waals surface area contributed by atoms with Crippen LogP contribution >= 0.6 is 15.9 Å². The molecule has 0 heterocycles. The second-order valence-corrected chi connectivity index (χ2v) is 6.03. The number of nitrogens with one attached hydrogen (secondary N) is 1. The lowest BCUT2D eigenvalue weighted by Gasteiger charge is -2.52. The van der Waals surface area contributed by atoms with Gasteiger partial charge >= 0.3 is 0 Å². The Balaban J connectivity index is 1.84. The zero-order valence-corrected chi connectivity index (χ0v) is 10.4. The molecule has 0 aromatic carbocycles. The van der Waals surface area contributed by atoms with Gasteiger partial charge in [-0.25, -0.2) is 0 Å². The summed E-state index contributed by atoms with van der Waals surface area (Å²) in [6.45, 7) is 4.81. The first-order valence-corrected chi connectivity index (χ1v) is 6.59. The van der Waals surface area contributed by atoms with Crippen molar-refractivity contribution in [2.45, 2.75) is 51.0 Å². The van der Waals surface area contributed by atoms with Gasteiger partial charge < -0.3 is 5.32 Å². The molecule has 0 aromatic rings. The molecular formula is C12H20BrN. The largest absolute Gasteiger partial charge is 0.309 e. The summed E-state index contributed by atoms with van der Waals surface area (Å²) in [7, 11) is 0. The highest BCUT2D eigenvalue weighted by atomic mass is 79.9. The van der Waals surface area contributed by atoms with E-state index >= 15 is 0 Å². The van der Waals surface area contributed by atoms with Crippen LogP contribution < -0.4 is 5.32 Å². The standard InChI is InChI=1S/C12H20BrN/c1-10(13)9-14-11-5-8-12(11)6-3-2-4-7-12/h11,14H,1-9H2. The van der Waals surface area contributed by atoms with Crippen LogP contribution in [0.2, 0.25) is 0 Å². The van der Waals surface area contributed by atoms with Gasteiger partial charge in [-0.05, 0) is 31.1 Å². The van der Waals surface area contributed by atoms with Crippen molar-refractivity contribution in [3.05, 3.63) is 11.1 Å². The summed E-state index contributed by atoms with van der Waals surface area (Å²) >= 11 is 3.41. The number of hydrogen-bond donors (Lipinski definition) is 1. The maximum atomic E-state index is 3.87. The quantitative estimate of drug-likeness (QED) is 0.815. The predicted octanol–water partition coefficient (Wildman–Crippen LogP) is 3.60. The van der Waals surface area contributed by atoms with Gasteiger partial charge in [0.05, 0.1) is 0 Å². The molecule has 2 fully saturated rings. The number of rotatable bonds is 3. The third kappa shape index (κ3) is 2.06. The van der Waals surface area contributed by atoms with Gasteiger partial charge in [-0.15, -0.1) is 0 Å². The third-order valence-corrected chi connectivity index (χ3v) is 4.34. The zero-order chi connectivity index (χ0) is 10.0. The summed E-state index contributed by atoms with van der Waals surface area (Å²) in [5, 5.41) is 3.63. The van der Waals surface area contributed by atoms with Crippen LogP contribution in [-0.2, 0) is 0 Å². The Morgan fingerprint density at radius 1 is 1.29 bits per heavy atom. The van der Waals surface area contributed by atoms with Crippen molar-refractivity contribution in [3.8, 4) is 0 Å². The van der Waals surface area contributed by atoms with Gasteiger partial charge in [-0.1, -0.05) is 41.8 Å². The third-order valence-electron chi connectivity index (χ3n) is 4.06. The Morgan fingerprint density at radius 3 is 2.50 bits per heavy atom. The van der Waals surface area contributed by atoms with E-state index in [2.05, 4.69) is 27.8 Å². The average molecular weight is 258 g/mol. The van der Waals surface area contributed by atoms with Crippen molar-refractivity contribution in [2.24, 2.45) is 5.41 Å². The van der Waals surface area contributed by atoms with Crippen LogP contribution in [0.1, 0.15) is 44.9 Å². The fourth-order valence-corrected chi connectivity index (χ4v) is 3.27. The zero-order valence-electron chi connectivity index (χ0n) is 8.82. The Morgan fingerprint density at radius 2 is 2.00 bits per heavy atom. The SMILES string of the molecule is C=C(Br)CNC1CCC12CCCCC2. The lowest BCUT2D eigenvalue weighted by molar-refractivity contribution is 0.0252. The van der Waals surface area contributed by atoms with Gasteiger partial charge in [0.25, 0.3) is 0 Å². The Hall–Kier alpha value is 0.180. The molecule has 0 saturated heterocycles. The molecular weight excluding hydrogens is 238 g/mol. The normalized spacial score (nSPS) is 29.9. The molecule has 2 rings (SSSR count). The van der Waals surface area contributed by atoms with Crippen LogP contribution in [0.15, 0.2) is 11.1 Å². The van der Waals surface area contributed by atoms with Crippen molar-refractivity contribution in [2.75, 3.05) is 6.54 Å². The molecule has 0 aliphatic heterocycles. The second kappa shape index (κ2) is 4.36. The maximum absolute atomic E-state index is 3.87. The first-order valence-electron chi connectivity index (χ1n) is 5.80. The lowest BCUT2D eigenvalue weighted by atomic mass is 9.57. The fraction of sp³-hybridized carbons (Fsp3) is 0.833. The highest BCUT2D eigenvalue weighted by molar-refractivity contribution is 9.11. The summed E-state index contributed by atoms with van der Waals surface area (Å²) in [6, 6.07) is 0.775. The number of hydrogen-bond acceptors (Lipinski definition) is 1. The predicted molar refractivity (Wildman–Crippen MR) is 64.6 cm³/mol. The summed E-state index contributed by atoms with van der Waals surface area (Å²) in [6.07, 6.45) is 10.1.